The van der Waals surface area contributed by atoms with E-state index in [1.165, 1.54) is 6.92 Å². The molecule has 1 aliphatic heterocycles. The predicted octanol–water partition coefficient (Wildman–Crippen LogP) is 1.26. The predicted molar refractivity (Wildman–Crippen MR) is 71.2 cm³/mol. The second-order valence-corrected chi connectivity index (χ2v) is 5.40. The topological polar surface area (TPSA) is 58.6 Å². The Morgan fingerprint density at radius 1 is 1.50 bits per heavy atom. The van der Waals surface area contributed by atoms with Crippen LogP contribution in [0.3, 0.4) is 0 Å². The number of aliphatic hydroxyl groups is 1. The van der Waals surface area contributed by atoms with Crippen LogP contribution in [0.4, 0.5) is 0 Å². The van der Waals surface area contributed by atoms with E-state index in [1.807, 2.05) is 24.3 Å². The van der Waals surface area contributed by atoms with Crippen LogP contribution in [-0.4, -0.2) is 35.9 Å². The zero-order valence-electron chi connectivity index (χ0n) is 10.1. The molecule has 1 aromatic carbocycles. The molecule has 0 bridgehead atoms. The molecule has 0 unspecified atom stereocenters. The fourth-order valence-corrected chi connectivity index (χ4v) is 2.45. The van der Waals surface area contributed by atoms with Crippen molar-refractivity contribution in [2.45, 2.75) is 31.6 Å². The van der Waals surface area contributed by atoms with Gasteiger partial charge in [-0.25, -0.2) is 0 Å². The number of esters is 1. The monoisotopic (exact) mass is 313 g/mol. The van der Waals surface area contributed by atoms with Crippen LogP contribution in [-0.2, 0) is 16.0 Å². The molecule has 1 heterocycles. The summed E-state index contributed by atoms with van der Waals surface area (Å²) in [7, 11) is 0. The Morgan fingerprint density at radius 2 is 2.17 bits per heavy atom. The van der Waals surface area contributed by atoms with Crippen LogP contribution in [0.15, 0.2) is 28.7 Å². The van der Waals surface area contributed by atoms with E-state index in [0.29, 0.717) is 6.54 Å². The fraction of sp³-hybridized carbons (Fsp3) is 0.462. The zero-order chi connectivity index (χ0) is 13.1. The van der Waals surface area contributed by atoms with Crippen molar-refractivity contribution in [3.8, 4) is 0 Å². The number of carbonyl (C=O) groups is 1. The molecule has 18 heavy (non-hydrogen) atoms. The minimum absolute atomic E-state index is 0.0370. The summed E-state index contributed by atoms with van der Waals surface area (Å²) in [6.07, 6.45) is -0.372. The van der Waals surface area contributed by atoms with Gasteiger partial charge in [-0.15, -0.1) is 0 Å². The molecule has 2 rings (SSSR count). The van der Waals surface area contributed by atoms with Crippen LogP contribution in [0.2, 0.25) is 0 Å². The van der Waals surface area contributed by atoms with E-state index in [2.05, 4.69) is 21.2 Å². The highest BCUT2D eigenvalue weighted by Crippen LogP contribution is 2.18. The lowest BCUT2D eigenvalue weighted by Crippen LogP contribution is -2.38. The molecule has 0 saturated carbocycles. The first-order valence-electron chi connectivity index (χ1n) is 5.89. The number of carbonyl (C=O) groups excluding carboxylic acids is 1. The summed E-state index contributed by atoms with van der Waals surface area (Å²) in [4.78, 5) is 11.0. The quantitative estimate of drug-likeness (QED) is 0.825. The molecule has 98 valence electrons. The Hall–Kier alpha value is -0.910. The Bertz CT molecular complexity index is 421. The van der Waals surface area contributed by atoms with Gasteiger partial charge in [-0.05, 0) is 24.1 Å². The molecule has 1 aliphatic rings. The second kappa shape index (κ2) is 5.82. The third-order valence-corrected chi connectivity index (χ3v) is 3.56. The van der Waals surface area contributed by atoms with E-state index in [1.54, 1.807) is 0 Å². The standard InChI is InChI=1S/C13H16BrNO3/c1-8(16)18-13-11(15-7-12(13)17)6-9-2-4-10(14)5-3-9/h2-5,11-13,15,17H,6-7H2,1H3/t11-,12+,13+/m1/s1. The molecular weight excluding hydrogens is 298 g/mol. The van der Waals surface area contributed by atoms with E-state index in [4.69, 9.17) is 4.74 Å². The molecule has 0 spiro atoms. The molecular formula is C13H16BrNO3. The van der Waals surface area contributed by atoms with Crippen LogP contribution >= 0.6 is 15.9 Å². The van der Waals surface area contributed by atoms with Crippen molar-refractivity contribution in [1.29, 1.82) is 0 Å². The Morgan fingerprint density at radius 3 is 2.78 bits per heavy atom. The Labute approximate surface area is 114 Å². The van der Waals surface area contributed by atoms with Crippen LogP contribution in [0.25, 0.3) is 0 Å². The molecule has 2 N–H and O–H groups in total. The van der Waals surface area contributed by atoms with Crippen LogP contribution < -0.4 is 5.32 Å². The van der Waals surface area contributed by atoms with Crippen molar-refractivity contribution in [3.63, 3.8) is 0 Å². The summed E-state index contributed by atoms with van der Waals surface area (Å²) in [6.45, 7) is 1.82. The largest absolute Gasteiger partial charge is 0.458 e. The normalized spacial score (nSPS) is 27.2. The summed E-state index contributed by atoms with van der Waals surface area (Å²) < 4.78 is 6.20. The fourth-order valence-electron chi connectivity index (χ4n) is 2.19. The van der Waals surface area contributed by atoms with Gasteiger partial charge in [-0.2, -0.15) is 0 Å². The molecule has 1 fully saturated rings. The molecule has 0 aromatic heterocycles. The van der Waals surface area contributed by atoms with Gasteiger partial charge < -0.3 is 15.2 Å². The summed E-state index contributed by atoms with van der Waals surface area (Å²) in [5.74, 6) is -0.358. The number of ether oxygens (including phenoxy) is 1. The van der Waals surface area contributed by atoms with E-state index in [-0.39, 0.29) is 12.0 Å². The SMILES string of the molecule is CC(=O)O[C@@H]1[C@@H](O)CN[C@@H]1Cc1ccc(Br)cc1. The maximum atomic E-state index is 11.0. The van der Waals surface area contributed by atoms with Crippen LogP contribution in [0.1, 0.15) is 12.5 Å². The minimum atomic E-state index is -0.630. The third kappa shape index (κ3) is 3.31. The highest BCUT2D eigenvalue weighted by atomic mass is 79.9. The van der Waals surface area contributed by atoms with E-state index in [9.17, 15) is 9.90 Å². The van der Waals surface area contributed by atoms with Crippen molar-refractivity contribution in [3.05, 3.63) is 34.3 Å². The van der Waals surface area contributed by atoms with Gasteiger partial charge in [0.25, 0.3) is 0 Å². The second-order valence-electron chi connectivity index (χ2n) is 4.49. The lowest BCUT2D eigenvalue weighted by molar-refractivity contribution is -0.151. The summed E-state index contributed by atoms with van der Waals surface area (Å²) >= 11 is 3.39. The maximum absolute atomic E-state index is 11.0. The van der Waals surface area contributed by atoms with Gasteiger partial charge in [0.05, 0.1) is 6.04 Å². The number of rotatable bonds is 3. The van der Waals surface area contributed by atoms with Crippen molar-refractivity contribution in [2.24, 2.45) is 0 Å². The van der Waals surface area contributed by atoms with E-state index >= 15 is 0 Å². The molecule has 1 aromatic rings. The van der Waals surface area contributed by atoms with E-state index in [0.717, 1.165) is 16.5 Å². The zero-order valence-corrected chi connectivity index (χ0v) is 11.7. The first-order valence-corrected chi connectivity index (χ1v) is 6.68. The van der Waals surface area contributed by atoms with Crippen molar-refractivity contribution in [1.82, 2.24) is 5.32 Å². The summed E-state index contributed by atoms with van der Waals surface area (Å²) in [6, 6.07) is 7.94. The molecule has 0 amide bonds. The van der Waals surface area contributed by atoms with E-state index < -0.39 is 12.2 Å². The minimum Gasteiger partial charge on any atom is -0.458 e. The molecule has 3 atom stereocenters. The molecule has 1 saturated heterocycles. The van der Waals surface area contributed by atoms with Gasteiger partial charge in [0.1, 0.15) is 12.2 Å². The average molecular weight is 314 g/mol. The third-order valence-electron chi connectivity index (χ3n) is 3.04. The lowest BCUT2D eigenvalue weighted by atomic mass is 10.0. The molecule has 4 nitrogen and oxygen atoms in total. The van der Waals surface area contributed by atoms with Crippen molar-refractivity contribution in [2.75, 3.05) is 6.54 Å². The lowest BCUT2D eigenvalue weighted by Gasteiger charge is -2.21. The number of hydrogen-bond donors (Lipinski definition) is 2. The molecule has 0 radical (unpaired) electrons. The number of hydrogen-bond acceptors (Lipinski definition) is 4. The van der Waals surface area contributed by atoms with Crippen LogP contribution in [0.5, 0.6) is 0 Å². The first kappa shape index (κ1) is 13.5. The van der Waals surface area contributed by atoms with Gasteiger partial charge >= 0.3 is 5.97 Å². The number of β-amino-alcohol motifs (C(OH)–C–C–N with tert-alkyl or cyclic N) is 1. The van der Waals surface area contributed by atoms with Gasteiger partial charge in [0.2, 0.25) is 0 Å². The average Bonchev–Trinajstić information content (AvgIpc) is 2.64. The Kier molecular flexibility index (Phi) is 4.37. The Balaban J connectivity index is 2.03. The number of nitrogens with one attached hydrogen (secondary N) is 1. The van der Waals surface area contributed by atoms with Gasteiger partial charge in [0, 0.05) is 17.9 Å². The van der Waals surface area contributed by atoms with Crippen molar-refractivity contribution >= 4 is 21.9 Å². The van der Waals surface area contributed by atoms with Crippen molar-refractivity contribution < 1.29 is 14.6 Å². The van der Waals surface area contributed by atoms with Crippen LogP contribution in [0, 0.1) is 0 Å². The van der Waals surface area contributed by atoms with Gasteiger partial charge in [-0.1, -0.05) is 28.1 Å². The molecule has 0 aliphatic carbocycles. The smallest absolute Gasteiger partial charge is 0.303 e. The van der Waals surface area contributed by atoms with Gasteiger partial charge in [-0.3, -0.25) is 4.79 Å². The first-order chi connectivity index (χ1) is 8.56. The highest BCUT2D eigenvalue weighted by molar-refractivity contribution is 9.10. The number of halogens is 1. The summed E-state index contributed by atoms with van der Waals surface area (Å²) in [5.41, 5.74) is 1.14. The molecule has 5 heteroatoms. The maximum Gasteiger partial charge on any atom is 0.303 e. The van der Waals surface area contributed by atoms with Gasteiger partial charge in [0.15, 0.2) is 0 Å². The number of benzene rings is 1. The summed E-state index contributed by atoms with van der Waals surface area (Å²) in [5, 5.41) is 13.0. The number of aliphatic hydroxyl groups excluding tert-OH is 1. The highest BCUT2D eigenvalue weighted by Gasteiger charge is 2.37.